The molecule has 0 unspecified atom stereocenters. The molecule has 0 radical (unpaired) electrons. The highest BCUT2D eigenvalue weighted by molar-refractivity contribution is 5.91. The van der Waals surface area contributed by atoms with E-state index in [1.807, 2.05) is 0 Å². The lowest BCUT2D eigenvalue weighted by atomic mass is 9.96. The minimum atomic E-state index is -0.434. The summed E-state index contributed by atoms with van der Waals surface area (Å²) in [6.07, 6.45) is 4.12. The minimum absolute atomic E-state index is 0.259. The average molecular weight is 356 g/mol. The van der Waals surface area contributed by atoms with E-state index in [1.165, 1.54) is 4.57 Å². The minimum Gasteiger partial charge on any atom is -0.408 e. The van der Waals surface area contributed by atoms with E-state index in [0.29, 0.717) is 23.3 Å². The van der Waals surface area contributed by atoms with Crippen LogP contribution in [0.15, 0.2) is 31.9 Å². The van der Waals surface area contributed by atoms with E-state index in [4.69, 9.17) is 8.94 Å². The number of carbonyl (C=O) groups is 1. The maximum atomic E-state index is 12.5. The van der Waals surface area contributed by atoms with Crippen molar-refractivity contribution in [3.05, 3.63) is 45.8 Å². The van der Waals surface area contributed by atoms with E-state index in [2.05, 4.69) is 10.5 Å². The van der Waals surface area contributed by atoms with Gasteiger partial charge in [0.1, 0.15) is 11.5 Å². The first-order valence-corrected chi connectivity index (χ1v) is 8.61. The fraction of sp³-hybridized carbons (Fsp3) is 0.389. The Morgan fingerprint density at radius 3 is 3.00 bits per heavy atom. The second kappa shape index (κ2) is 6.36. The molecule has 4 rings (SSSR count). The molecule has 136 valence electrons. The van der Waals surface area contributed by atoms with Gasteiger partial charge in [0, 0.05) is 31.8 Å². The van der Waals surface area contributed by atoms with Gasteiger partial charge in [-0.15, -0.1) is 0 Å². The fourth-order valence-corrected chi connectivity index (χ4v) is 3.29. The molecular formula is C18H20N4O4. The Labute approximate surface area is 149 Å². The van der Waals surface area contributed by atoms with Crippen LogP contribution in [0.2, 0.25) is 0 Å². The van der Waals surface area contributed by atoms with Crippen LogP contribution in [0.3, 0.4) is 0 Å². The molecule has 0 saturated heterocycles. The number of hydrogen-bond donors (Lipinski definition) is 1. The van der Waals surface area contributed by atoms with Crippen LogP contribution in [0, 0.1) is 0 Å². The Hall–Kier alpha value is -3.03. The third-order valence-corrected chi connectivity index (χ3v) is 4.81. The second-order valence-corrected chi connectivity index (χ2v) is 6.63. The Morgan fingerprint density at radius 1 is 1.35 bits per heavy atom. The smallest absolute Gasteiger partial charge is 0.408 e. The molecule has 8 nitrogen and oxygen atoms in total. The topological polar surface area (TPSA) is 93.5 Å². The van der Waals surface area contributed by atoms with E-state index in [0.717, 1.165) is 42.7 Å². The quantitative estimate of drug-likeness (QED) is 0.779. The first-order valence-electron chi connectivity index (χ1n) is 8.61. The zero-order valence-electron chi connectivity index (χ0n) is 14.7. The molecule has 0 saturated carbocycles. The molecule has 26 heavy (non-hydrogen) atoms. The number of aromatic nitrogens is 2. The Morgan fingerprint density at radius 2 is 2.15 bits per heavy atom. The van der Waals surface area contributed by atoms with Crippen molar-refractivity contribution >= 4 is 22.8 Å². The summed E-state index contributed by atoms with van der Waals surface area (Å²) in [6, 6.07) is 4.82. The number of hydrogen-bond acceptors (Lipinski definition) is 5. The van der Waals surface area contributed by atoms with Crippen molar-refractivity contribution in [2.24, 2.45) is 7.05 Å². The maximum absolute atomic E-state index is 12.5. The summed E-state index contributed by atoms with van der Waals surface area (Å²) in [7, 11) is 3.34. The Balaban J connectivity index is 1.48. The molecule has 2 heterocycles. The summed E-state index contributed by atoms with van der Waals surface area (Å²) in [6.45, 7) is 0.386. The van der Waals surface area contributed by atoms with Crippen LogP contribution in [0.1, 0.15) is 29.9 Å². The van der Waals surface area contributed by atoms with Crippen LogP contribution in [-0.4, -0.2) is 27.7 Å². The third-order valence-electron chi connectivity index (χ3n) is 4.81. The molecule has 1 aromatic carbocycles. The van der Waals surface area contributed by atoms with Crippen molar-refractivity contribution in [1.82, 2.24) is 14.6 Å². The molecular weight excluding hydrogens is 336 g/mol. The van der Waals surface area contributed by atoms with Crippen LogP contribution in [0.25, 0.3) is 11.1 Å². The summed E-state index contributed by atoms with van der Waals surface area (Å²) in [5.74, 6) is 0.516. The number of nitrogens with zero attached hydrogens (tertiary/aromatic N) is 3. The number of nitrogens with one attached hydrogen (secondary N) is 1. The molecule has 1 N–H and O–H groups in total. The summed E-state index contributed by atoms with van der Waals surface area (Å²) in [4.78, 5) is 25.6. The SMILES string of the molecule is CN(Cc1noc2c1CCCC2)C(=O)Nc1ccc2oc(=O)n(C)c2c1. The number of rotatable bonds is 3. The first-order chi connectivity index (χ1) is 12.5. The number of urea groups is 1. The van der Waals surface area contributed by atoms with Gasteiger partial charge in [0.05, 0.1) is 12.1 Å². The summed E-state index contributed by atoms with van der Waals surface area (Å²) in [5.41, 5.74) is 3.67. The van der Waals surface area contributed by atoms with Crippen molar-refractivity contribution in [3.63, 3.8) is 0 Å². The molecule has 3 aromatic rings. The number of benzene rings is 1. The summed E-state index contributed by atoms with van der Waals surface area (Å²) >= 11 is 0. The van der Waals surface area contributed by atoms with Crippen molar-refractivity contribution < 1.29 is 13.7 Å². The molecule has 0 aliphatic heterocycles. The molecule has 0 bridgehead atoms. The monoisotopic (exact) mass is 356 g/mol. The van der Waals surface area contributed by atoms with Gasteiger partial charge in [-0.05, 0) is 37.5 Å². The third kappa shape index (κ3) is 2.87. The zero-order valence-corrected chi connectivity index (χ0v) is 14.7. The normalized spacial score (nSPS) is 13.6. The van der Waals surface area contributed by atoms with Crippen LogP contribution < -0.4 is 11.1 Å². The fourth-order valence-electron chi connectivity index (χ4n) is 3.29. The van der Waals surface area contributed by atoms with E-state index in [-0.39, 0.29) is 6.03 Å². The molecule has 1 aliphatic carbocycles. The standard InChI is InChI=1S/C18H20N4O4/c1-21(10-13-12-5-3-4-6-15(12)26-20-13)17(23)19-11-7-8-16-14(9-11)22(2)18(24)25-16/h7-9H,3-6,10H2,1-2H3,(H,19,23). The number of oxazole rings is 1. The van der Waals surface area contributed by atoms with Gasteiger partial charge < -0.3 is 19.2 Å². The zero-order chi connectivity index (χ0) is 18.3. The van der Waals surface area contributed by atoms with Gasteiger partial charge in [-0.1, -0.05) is 5.16 Å². The average Bonchev–Trinajstić information content (AvgIpc) is 3.17. The molecule has 0 atom stereocenters. The highest BCUT2D eigenvalue weighted by atomic mass is 16.5. The highest BCUT2D eigenvalue weighted by Gasteiger charge is 2.21. The van der Waals surface area contributed by atoms with E-state index in [9.17, 15) is 9.59 Å². The highest BCUT2D eigenvalue weighted by Crippen LogP contribution is 2.25. The van der Waals surface area contributed by atoms with Crippen LogP contribution in [0.4, 0.5) is 10.5 Å². The van der Waals surface area contributed by atoms with Gasteiger partial charge in [-0.3, -0.25) is 4.57 Å². The summed E-state index contributed by atoms with van der Waals surface area (Å²) in [5, 5.41) is 6.97. The number of anilines is 1. The van der Waals surface area contributed by atoms with Crippen LogP contribution >= 0.6 is 0 Å². The predicted octanol–water partition coefficient (Wildman–Crippen LogP) is 2.66. The molecule has 8 heteroatoms. The number of amides is 2. The lowest BCUT2D eigenvalue weighted by molar-refractivity contribution is 0.219. The van der Waals surface area contributed by atoms with Gasteiger partial charge in [-0.25, -0.2) is 9.59 Å². The number of fused-ring (bicyclic) bond motifs is 2. The predicted molar refractivity (Wildman–Crippen MR) is 95.1 cm³/mol. The van der Waals surface area contributed by atoms with Crippen molar-refractivity contribution in [3.8, 4) is 0 Å². The molecule has 0 fully saturated rings. The van der Waals surface area contributed by atoms with Gasteiger partial charge >= 0.3 is 11.8 Å². The Bertz CT molecular complexity index is 1030. The van der Waals surface area contributed by atoms with Gasteiger partial charge in [-0.2, -0.15) is 0 Å². The second-order valence-electron chi connectivity index (χ2n) is 6.63. The number of carbonyl (C=O) groups excluding carboxylic acids is 1. The largest absolute Gasteiger partial charge is 0.419 e. The van der Waals surface area contributed by atoms with Crippen molar-refractivity contribution in [2.75, 3.05) is 12.4 Å². The molecule has 2 amide bonds. The maximum Gasteiger partial charge on any atom is 0.419 e. The van der Waals surface area contributed by atoms with Gasteiger partial charge in [0.25, 0.3) is 0 Å². The van der Waals surface area contributed by atoms with E-state index < -0.39 is 5.76 Å². The summed E-state index contributed by atoms with van der Waals surface area (Å²) < 4.78 is 11.9. The van der Waals surface area contributed by atoms with Crippen molar-refractivity contribution in [1.29, 1.82) is 0 Å². The lowest BCUT2D eigenvalue weighted by Crippen LogP contribution is -2.31. The van der Waals surface area contributed by atoms with Crippen molar-refractivity contribution in [2.45, 2.75) is 32.2 Å². The first kappa shape index (κ1) is 16.4. The van der Waals surface area contributed by atoms with Gasteiger partial charge in [0.2, 0.25) is 0 Å². The van der Waals surface area contributed by atoms with E-state index in [1.54, 1.807) is 37.2 Å². The van der Waals surface area contributed by atoms with Crippen LogP contribution in [-0.2, 0) is 26.4 Å². The van der Waals surface area contributed by atoms with E-state index >= 15 is 0 Å². The number of aryl methyl sites for hydroxylation is 2. The van der Waals surface area contributed by atoms with Gasteiger partial charge in [0.15, 0.2) is 5.58 Å². The Kier molecular flexibility index (Phi) is 4.02. The van der Waals surface area contributed by atoms with Crippen LogP contribution in [0.5, 0.6) is 0 Å². The molecule has 0 spiro atoms. The lowest BCUT2D eigenvalue weighted by Gasteiger charge is -2.18. The molecule has 2 aromatic heterocycles. The molecule has 1 aliphatic rings.